The summed E-state index contributed by atoms with van der Waals surface area (Å²) in [6.07, 6.45) is 1.55. The molecule has 0 radical (unpaired) electrons. The number of amides is 1. The molecule has 2 heterocycles. The Kier molecular flexibility index (Phi) is 6.46. The Bertz CT molecular complexity index is 1300. The standard InChI is InChI=1S/C23H21N3O5S/c1-29-15-9-10-19(20(12-15)30-2)24-21(27)14-32-23-25-18-8-4-3-7-17(18)22(28)26(23)13-16-6-5-11-31-16/h3-12H,13-14H2,1-2H3,(H,24,27). The van der Waals surface area contributed by atoms with Crippen molar-refractivity contribution in [1.29, 1.82) is 0 Å². The summed E-state index contributed by atoms with van der Waals surface area (Å²) in [5.41, 5.74) is 0.915. The monoisotopic (exact) mass is 451 g/mol. The summed E-state index contributed by atoms with van der Waals surface area (Å²) in [5.74, 6) is 1.53. The van der Waals surface area contributed by atoms with Crippen molar-refractivity contribution in [3.63, 3.8) is 0 Å². The zero-order valence-corrected chi connectivity index (χ0v) is 18.3. The topological polar surface area (TPSA) is 95.6 Å². The maximum Gasteiger partial charge on any atom is 0.262 e. The van der Waals surface area contributed by atoms with Crippen LogP contribution >= 0.6 is 11.8 Å². The van der Waals surface area contributed by atoms with Gasteiger partial charge >= 0.3 is 0 Å². The molecule has 0 aliphatic heterocycles. The van der Waals surface area contributed by atoms with Crippen LogP contribution in [0.4, 0.5) is 5.69 Å². The Morgan fingerprint density at radius 1 is 1.12 bits per heavy atom. The third-order valence-electron chi connectivity index (χ3n) is 4.74. The van der Waals surface area contributed by atoms with Crippen LogP contribution in [-0.4, -0.2) is 35.4 Å². The van der Waals surface area contributed by atoms with Gasteiger partial charge in [0.2, 0.25) is 5.91 Å². The fourth-order valence-corrected chi connectivity index (χ4v) is 3.97. The summed E-state index contributed by atoms with van der Waals surface area (Å²) >= 11 is 1.18. The van der Waals surface area contributed by atoms with E-state index in [0.717, 1.165) is 0 Å². The van der Waals surface area contributed by atoms with Gasteiger partial charge in [0.25, 0.3) is 5.56 Å². The fraction of sp³-hybridized carbons (Fsp3) is 0.174. The Morgan fingerprint density at radius 2 is 1.97 bits per heavy atom. The van der Waals surface area contributed by atoms with Crippen LogP contribution in [0.5, 0.6) is 11.5 Å². The zero-order valence-electron chi connectivity index (χ0n) is 17.5. The maximum absolute atomic E-state index is 13.1. The van der Waals surface area contributed by atoms with Gasteiger partial charge in [-0.3, -0.25) is 14.2 Å². The summed E-state index contributed by atoms with van der Waals surface area (Å²) in [6.45, 7) is 0.222. The van der Waals surface area contributed by atoms with Gasteiger partial charge in [-0.25, -0.2) is 4.98 Å². The van der Waals surface area contributed by atoms with E-state index in [2.05, 4.69) is 10.3 Å². The summed E-state index contributed by atoms with van der Waals surface area (Å²) in [5, 5.41) is 3.77. The molecular weight excluding hydrogens is 430 g/mol. The highest BCUT2D eigenvalue weighted by Crippen LogP contribution is 2.29. The molecule has 0 spiro atoms. The Hall–Kier alpha value is -3.72. The highest BCUT2D eigenvalue weighted by Gasteiger charge is 2.15. The van der Waals surface area contributed by atoms with E-state index in [1.165, 1.54) is 23.4 Å². The molecule has 2 aromatic carbocycles. The number of benzene rings is 2. The second-order valence-electron chi connectivity index (χ2n) is 6.79. The van der Waals surface area contributed by atoms with Crippen molar-refractivity contribution in [2.45, 2.75) is 11.7 Å². The van der Waals surface area contributed by atoms with E-state index in [9.17, 15) is 9.59 Å². The third-order valence-corrected chi connectivity index (χ3v) is 5.71. The van der Waals surface area contributed by atoms with E-state index in [1.807, 2.05) is 6.07 Å². The molecule has 9 heteroatoms. The lowest BCUT2D eigenvalue weighted by atomic mass is 10.2. The molecule has 0 bridgehead atoms. The van der Waals surface area contributed by atoms with Crippen LogP contribution in [0.3, 0.4) is 0 Å². The number of para-hydroxylation sites is 1. The lowest BCUT2D eigenvalue weighted by Crippen LogP contribution is -2.24. The average molecular weight is 452 g/mol. The summed E-state index contributed by atoms with van der Waals surface area (Å²) in [7, 11) is 3.08. The van der Waals surface area contributed by atoms with E-state index in [1.54, 1.807) is 61.9 Å². The van der Waals surface area contributed by atoms with E-state index in [-0.39, 0.29) is 23.8 Å². The molecule has 0 aliphatic rings. The number of carbonyl (C=O) groups excluding carboxylic acids is 1. The predicted molar refractivity (Wildman–Crippen MR) is 123 cm³/mol. The van der Waals surface area contributed by atoms with Crippen LogP contribution in [0.15, 0.2) is 75.2 Å². The van der Waals surface area contributed by atoms with Gasteiger partial charge in [-0.2, -0.15) is 0 Å². The second-order valence-corrected chi connectivity index (χ2v) is 7.73. The number of nitrogens with zero attached hydrogens (tertiary/aromatic N) is 2. The van der Waals surface area contributed by atoms with Crippen molar-refractivity contribution in [3.05, 3.63) is 77.0 Å². The molecule has 164 valence electrons. The van der Waals surface area contributed by atoms with Gasteiger partial charge in [-0.15, -0.1) is 0 Å². The third kappa shape index (κ3) is 4.62. The molecule has 2 aromatic heterocycles. The number of rotatable bonds is 8. The van der Waals surface area contributed by atoms with Crippen molar-refractivity contribution < 1.29 is 18.7 Å². The summed E-state index contributed by atoms with van der Waals surface area (Å²) < 4.78 is 17.4. The number of carbonyl (C=O) groups is 1. The highest BCUT2D eigenvalue weighted by atomic mass is 32.2. The molecule has 0 aliphatic carbocycles. The SMILES string of the molecule is COc1ccc(NC(=O)CSc2nc3ccccc3c(=O)n2Cc2ccco2)c(OC)c1. The van der Waals surface area contributed by atoms with Crippen molar-refractivity contribution in [2.75, 3.05) is 25.3 Å². The number of thioether (sulfide) groups is 1. The van der Waals surface area contributed by atoms with Crippen LogP contribution in [0, 0.1) is 0 Å². The number of hydrogen-bond acceptors (Lipinski definition) is 7. The van der Waals surface area contributed by atoms with Gasteiger partial charge in [0.05, 0.1) is 49.4 Å². The Labute approximate surface area is 188 Å². The molecule has 8 nitrogen and oxygen atoms in total. The van der Waals surface area contributed by atoms with Crippen molar-refractivity contribution in [3.8, 4) is 11.5 Å². The number of ether oxygens (including phenoxy) is 2. The number of anilines is 1. The molecule has 1 N–H and O–H groups in total. The lowest BCUT2D eigenvalue weighted by molar-refractivity contribution is -0.113. The Morgan fingerprint density at radius 3 is 2.72 bits per heavy atom. The average Bonchev–Trinajstić information content (AvgIpc) is 3.33. The molecule has 0 unspecified atom stereocenters. The quantitative estimate of drug-likeness (QED) is 0.322. The number of fused-ring (bicyclic) bond motifs is 1. The molecule has 4 rings (SSSR count). The first-order chi connectivity index (χ1) is 15.6. The van der Waals surface area contributed by atoms with Gasteiger partial charge in [0, 0.05) is 6.07 Å². The van der Waals surface area contributed by atoms with E-state index >= 15 is 0 Å². The van der Waals surface area contributed by atoms with E-state index in [4.69, 9.17) is 13.9 Å². The van der Waals surface area contributed by atoms with E-state index < -0.39 is 0 Å². The second kappa shape index (κ2) is 9.61. The Balaban J connectivity index is 1.57. The van der Waals surface area contributed by atoms with Crippen LogP contribution in [0.1, 0.15) is 5.76 Å². The van der Waals surface area contributed by atoms with Crippen molar-refractivity contribution >= 4 is 34.3 Å². The first-order valence-corrected chi connectivity index (χ1v) is 10.7. The van der Waals surface area contributed by atoms with Crippen LogP contribution in [-0.2, 0) is 11.3 Å². The number of methoxy groups -OCH3 is 2. The number of aromatic nitrogens is 2. The summed E-state index contributed by atoms with van der Waals surface area (Å²) in [6, 6.07) is 15.8. The molecule has 0 saturated carbocycles. The number of furan rings is 1. The molecule has 0 fully saturated rings. The molecule has 0 saturated heterocycles. The number of hydrogen-bond donors (Lipinski definition) is 1. The molecule has 0 atom stereocenters. The van der Waals surface area contributed by atoms with Crippen molar-refractivity contribution in [1.82, 2.24) is 9.55 Å². The minimum Gasteiger partial charge on any atom is -0.497 e. The van der Waals surface area contributed by atoms with Gasteiger partial charge in [0.1, 0.15) is 17.3 Å². The number of nitrogens with one attached hydrogen (secondary N) is 1. The van der Waals surface area contributed by atoms with Crippen LogP contribution in [0.2, 0.25) is 0 Å². The van der Waals surface area contributed by atoms with Gasteiger partial charge in [-0.05, 0) is 36.4 Å². The fourth-order valence-electron chi connectivity index (χ4n) is 3.17. The maximum atomic E-state index is 13.1. The van der Waals surface area contributed by atoms with Crippen LogP contribution < -0.4 is 20.3 Å². The molecule has 4 aromatic rings. The minimum absolute atomic E-state index is 0.0537. The molecule has 1 amide bonds. The minimum atomic E-state index is -0.259. The first kappa shape index (κ1) is 21.5. The van der Waals surface area contributed by atoms with Gasteiger partial charge in [0.15, 0.2) is 5.16 Å². The van der Waals surface area contributed by atoms with E-state index in [0.29, 0.717) is 39.0 Å². The predicted octanol–water partition coefficient (Wildman–Crippen LogP) is 3.79. The molecule has 32 heavy (non-hydrogen) atoms. The smallest absolute Gasteiger partial charge is 0.262 e. The van der Waals surface area contributed by atoms with Crippen molar-refractivity contribution in [2.24, 2.45) is 0 Å². The normalized spacial score (nSPS) is 10.8. The first-order valence-electron chi connectivity index (χ1n) is 9.75. The van der Waals surface area contributed by atoms with Crippen LogP contribution in [0.25, 0.3) is 10.9 Å². The molecular formula is C23H21N3O5S. The van der Waals surface area contributed by atoms with Gasteiger partial charge in [-0.1, -0.05) is 23.9 Å². The summed E-state index contributed by atoms with van der Waals surface area (Å²) in [4.78, 5) is 30.3. The largest absolute Gasteiger partial charge is 0.497 e. The highest BCUT2D eigenvalue weighted by molar-refractivity contribution is 7.99. The lowest BCUT2D eigenvalue weighted by Gasteiger charge is -2.13. The zero-order chi connectivity index (χ0) is 22.5. The van der Waals surface area contributed by atoms with Gasteiger partial charge < -0.3 is 19.2 Å².